The first-order chi connectivity index (χ1) is 9.85. The summed E-state index contributed by atoms with van der Waals surface area (Å²) in [6, 6.07) is 18.5. The molecule has 0 heterocycles. The van der Waals surface area contributed by atoms with E-state index < -0.39 is 0 Å². The van der Waals surface area contributed by atoms with Gasteiger partial charge < -0.3 is 5.11 Å². The lowest BCUT2D eigenvalue weighted by atomic mass is 10.0. The Kier molecular flexibility index (Phi) is 5.35. The Hall–Kier alpha value is -2.10. The minimum Gasteiger partial charge on any atom is -0.394 e. The van der Waals surface area contributed by atoms with Crippen molar-refractivity contribution in [2.24, 2.45) is 0 Å². The summed E-state index contributed by atoms with van der Waals surface area (Å²) in [5, 5.41) is 8.70. The molecule has 0 saturated carbocycles. The minimum atomic E-state index is -0.00304. The number of nitrogens with one attached hydrogen (secondary N) is 1. The number of benzene rings is 2. The van der Waals surface area contributed by atoms with Crippen molar-refractivity contribution in [1.29, 1.82) is 0 Å². The molecule has 0 aliphatic heterocycles. The summed E-state index contributed by atoms with van der Waals surface area (Å²) in [6.07, 6.45) is 1.94. The van der Waals surface area contributed by atoms with Crippen LogP contribution in [0.2, 0.25) is 0 Å². The summed E-state index contributed by atoms with van der Waals surface area (Å²) in [5.41, 5.74) is 7.16. The van der Waals surface area contributed by atoms with Crippen molar-refractivity contribution >= 4 is 5.70 Å². The summed E-state index contributed by atoms with van der Waals surface area (Å²) in [5.74, 6) is 0. The van der Waals surface area contributed by atoms with Gasteiger partial charge in [-0.05, 0) is 23.6 Å². The SMILES string of the molecule is CC=C(NOCCO)c1ccc(-c2ccccc2)cc1. The normalized spacial score (nSPS) is 11.4. The molecule has 0 atom stereocenters. The lowest BCUT2D eigenvalue weighted by Crippen LogP contribution is -2.15. The molecule has 0 saturated heterocycles. The molecule has 0 spiro atoms. The molecule has 0 bridgehead atoms. The van der Waals surface area contributed by atoms with Gasteiger partial charge in [0.2, 0.25) is 0 Å². The molecular formula is C17H19NO2. The fourth-order valence-corrected chi connectivity index (χ4v) is 1.93. The maximum atomic E-state index is 8.70. The lowest BCUT2D eigenvalue weighted by Gasteiger charge is -2.11. The number of aliphatic hydroxyl groups excluding tert-OH is 1. The number of aliphatic hydroxyl groups is 1. The average molecular weight is 269 g/mol. The smallest absolute Gasteiger partial charge is 0.0976 e. The summed E-state index contributed by atoms with van der Waals surface area (Å²) >= 11 is 0. The molecule has 2 aromatic rings. The van der Waals surface area contributed by atoms with Crippen LogP contribution in [0.15, 0.2) is 60.7 Å². The standard InChI is InChI=1S/C17H19NO2/c1-2-17(18-20-13-12-19)16-10-8-15(9-11-16)14-6-4-3-5-7-14/h2-11,18-19H,12-13H2,1H3. The molecule has 3 heteroatoms. The van der Waals surface area contributed by atoms with Gasteiger partial charge in [0.05, 0.1) is 18.9 Å². The second kappa shape index (κ2) is 7.48. The van der Waals surface area contributed by atoms with Crippen LogP contribution in [0, 0.1) is 0 Å². The second-order valence-corrected chi connectivity index (χ2v) is 4.32. The van der Waals surface area contributed by atoms with Crippen molar-refractivity contribution < 1.29 is 9.94 Å². The molecule has 0 unspecified atom stereocenters. The van der Waals surface area contributed by atoms with Crippen molar-refractivity contribution in [3.8, 4) is 11.1 Å². The monoisotopic (exact) mass is 269 g/mol. The largest absolute Gasteiger partial charge is 0.394 e. The first-order valence-corrected chi connectivity index (χ1v) is 6.66. The van der Waals surface area contributed by atoms with Gasteiger partial charge in [0, 0.05) is 0 Å². The number of hydroxylamine groups is 1. The van der Waals surface area contributed by atoms with E-state index in [2.05, 4.69) is 29.7 Å². The molecule has 2 aromatic carbocycles. The Bertz CT molecular complexity index is 547. The van der Waals surface area contributed by atoms with Gasteiger partial charge in [0.25, 0.3) is 0 Å². The fourth-order valence-electron chi connectivity index (χ4n) is 1.93. The molecule has 0 aliphatic carbocycles. The molecule has 3 nitrogen and oxygen atoms in total. The highest BCUT2D eigenvalue weighted by Gasteiger charge is 2.02. The second-order valence-electron chi connectivity index (χ2n) is 4.32. The van der Waals surface area contributed by atoms with Gasteiger partial charge in [0.15, 0.2) is 0 Å². The van der Waals surface area contributed by atoms with Crippen LogP contribution in [0.1, 0.15) is 12.5 Å². The number of hydrogen-bond acceptors (Lipinski definition) is 3. The summed E-state index contributed by atoms with van der Waals surface area (Å²) in [4.78, 5) is 5.14. The maximum absolute atomic E-state index is 8.70. The van der Waals surface area contributed by atoms with Gasteiger partial charge in [0.1, 0.15) is 0 Å². The molecule has 104 valence electrons. The highest BCUT2D eigenvalue weighted by molar-refractivity contribution is 5.69. The van der Waals surface area contributed by atoms with Crippen LogP contribution in [0.5, 0.6) is 0 Å². The predicted molar refractivity (Wildman–Crippen MR) is 81.7 cm³/mol. The van der Waals surface area contributed by atoms with Gasteiger partial charge >= 0.3 is 0 Å². The van der Waals surface area contributed by atoms with Crippen LogP contribution in [0.4, 0.5) is 0 Å². The highest BCUT2D eigenvalue weighted by atomic mass is 16.6. The number of allylic oxidation sites excluding steroid dienone is 1. The summed E-state index contributed by atoms with van der Waals surface area (Å²) < 4.78 is 0. The van der Waals surface area contributed by atoms with E-state index in [9.17, 15) is 0 Å². The Labute approximate surface area is 119 Å². The zero-order valence-corrected chi connectivity index (χ0v) is 11.5. The molecule has 0 aromatic heterocycles. The van der Waals surface area contributed by atoms with Crippen LogP contribution in [-0.4, -0.2) is 18.3 Å². The van der Waals surface area contributed by atoms with Crippen molar-refractivity contribution in [2.75, 3.05) is 13.2 Å². The molecule has 2 N–H and O–H groups in total. The third kappa shape index (κ3) is 3.70. The number of hydrogen-bond donors (Lipinski definition) is 2. The van der Waals surface area contributed by atoms with Crippen LogP contribution in [-0.2, 0) is 4.84 Å². The molecule has 0 fully saturated rings. The van der Waals surface area contributed by atoms with E-state index in [0.717, 1.165) is 11.3 Å². The Morgan fingerprint density at radius 3 is 2.30 bits per heavy atom. The van der Waals surface area contributed by atoms with Crippen molar-refractivity contribution in [3.05, 3.63) is 66.2 Å². The van der Waals surface area contributed by atoms with E-state index in [0.29, 0.717) is 0 Å². The van der Waals surface area contributed by atoms with Gasteiger partial charge in [-0.3, -0.25) is 10.3 Å². The van der Waals surface area contributed by atoms with E-state index in [1.165, 1.54) is 11.1 Å². The zero-order valence-electron chi connectivity index (χ0n) is 11.5. The van der Waals surface area contributed by atoms with Gasteiger partial charge in [-0.15, -0.1) is 0 Å². The van der Waals surface area contributed by atoms with Crippen LogP contribution in [0.25, 0.3) is 16.8 Å². The lowest BCUT2D eigenvalue weighted by molar-refractivity contribution is 0.0479. The van der Waals surface area contributed by atoms with E-state index in [1.54, 1.807) is 0 Å². The van der Waals surface area contributed by atoms with Crippen LogP contribution >= 0.6 is 0 Å². The van der Waals surface area contributed by atoms with Crippen LogP contribution in [0.3, 0.4) is 0 Å². The van der Waals surface area contributed by atoms with Gasteiger partial charge in [-0.25, -0.2) is 0 Å². The maximum Gasteiger partial charge on any atom is 0.0976 e. The Morgan fingerprint density at radius 2 is 1.70 bits per heavy atom. The third-order valence-corrected chi connectivity index (χ3v) is 2.97. The summed E-state index contributed by atoms with van der Waals surface area (Å²) in [6.45, 7) is 2.20. The molecule has 20 heavy (non-hydrogen) atoms. The third-order valence-electron chi connectivity index (χ3n) is 2.97. The van der Waals surface area contributed by atoms with Crippen molar-refractivity contribution in [1.82, 2.24) is 5.48 Å². The first kappa shape index (κ1) is 14.3. The molecule has 0 amide bonds. The van der Waals surface area contributed by atoms with E-state index in [-0.39, 0.29) is 13.2 Å². The Morgan fingerprint density at radius 1 is 1.05 bits per heavy atom. The first-order valence-electron chi connectivity index (χ1n) is 6.66. The molecule has 2 rings (SSSR count). The fraction of sp³-hybridized carbons (Fsp3) is 0.176. The summed E-state index contributed by atoms with van der Waals surface area (Å²) in [7, 11) is 0. The topological polar surface area (TPSA) is 41.5 Å². The average Bonchev–Trinajstić information content (AvgIpc) is 2.53. The van der Waals surface area contributed by atoms with E-state index in [1.807, 2.05) is 43.3 Å². The number of rotatable bonds is 6. The zero-order chi connectivity index (χ0) is 14.2. The van der Waals surface area contributed by atoms with E-state index >= 15 is 0 Å². The Balaban J connectivity index is 2.11. The minimum absolute atomic E-state index is 0.00304. The molecule has 0 aliphatic rings. The van der Waals surface area contributed by atoms with Gasteiger partial charge in [-0.2, -0.15) is 0 Å². The predicted octanol–water partition coefficient (Wildman–Crippen LogP) is 3.23. The highest BCUT2D eigenvalue weighted by Crippen LogP contribution is 2.21. The molecule has 0 radical (unpaired) electrons. The molecular weight excluding hydrogens is 250 g/mol. The van der Waals surface area contributed by atoms with E-state index in [4.69, 9.17) is 9.94 Å². The van der Waals surface area contributed by atoms with Crippen LogP contribution < -0.4 is 5.48 Å². The van der Waals surface area contributed by atoms with Crippen molar-refractivity contribution in [3.63, 3.8) is 0 Å². The van der Waals surface area contributed by atoms with Gasteiger partial charge in [-0.1, -0.05) is 60.7 Å². The van der Waals surface area contributed by atoms with Crippen molar-refractivity contribution in [2.45, 2.75) is 6.92 Å². The quantitative estimate of drug-likeness (QED) is 0.625.